The molecule has 1 heterocycles. The number of amides is 1. The Hall–Kier alpha value is -1.63. The van der Waals surface area contributed by atoms with Crippen LogP contribution in [0.2, 0.25) is 0 Å². The number of hydrogen-bond acceptors (Lipinski definition) is 5. The standard InChI is InChI=1S/C13H20N4O2S/c1-9-15-10(8-20-9)11(18)16-13(12(14)17-19)6-4-2-3-5-7-13/h8,19H,2-7H2,1H3,(H2,14,17)(H,16,18). The lowest BCUT2D eigenvalue weighted by Crippen LogP contribution is -2.57. The molecule has 6 nitrogen and oxygen atoms in total. The highest BCUT2D eigenvalue weighted by Crippen LogP contribution is 2.28. The molecule has 0 aliphatic heterocycles. The van der Waals surface area contributed by atoms with E-state index in [1.165, 1.54) is 11.3 Å². The van der Waals surface area contributed by atoms with Gasteiger partial charge in [0.15, 0.2) is 5.84 Å². The van der Waals surface area contributed by atoms with E-state index in [-0.39, 0.29) is 11.7 Å². The molecule has 0 saturated heterocycles. The summed E-state index contributed by atoms with van der Waals surface area (Å²) in [6, 6.07) is 0. The summed E-state index contributed by atoms with van der Waals surface area (Å²) >= 11 is 1.43. The molecule has 1 amide bonds. The first-order valence-electron chi connectivity index (χ1n) is 6.80. The van der Waals surface area contributed by atoms with Gasteiger partial charge in [0, 0.05) is 5.38 Å². The summed E-state index contributed by atoms with van der Waals surface area (Å²) < 4.78 is 0. The molecule has 0 spiro atoms. The second kappa shape index (κ2) is 6.21. The van der Waals surface area contributed by atoms with Crippen LogP contribution in [0, 0.1) is 6.92 Å². The van der Waals surface area contributed by atoms with Crippen LogP contribution >= 0.6 is 11.3 Å². The summed E-state index contributed by atoms with van der Waals surface area (Å²) in [4.78, 5) is 16.5. The maximum Gasteiger partial charge on any atom is 0.271 e. The van der Waals surface area contributed by atoms with Crippen LogP contribution in [0.4, 0.5) is 0 Å². The highest BCUT2D eigenvalue weighted by atomic mass is 32.1. The fraction of sp³-hybridized carbons (Fsp3) is 0.615. The van der Waals surface area contributed by atoms with Crippen molar-refractivity contribution in [2.24, 2.45) is 10.9 Å². The zero-order valence-corrected chi connectivity index (χ0v) is 12.4. The lowest BCUT2D eigenvalue weighted by molar-refractivity contribution is 0.0910. The summed E-state index contributed by atoms with van der Waals surface area (Å²) in [5, 5.41) is 17.7. The number of oxime groups is 1. The van der Waals surface area contributed by atoms with Crippen LogP contribution in [0.25, 0.3) is 0 Å². The highest BCUT2D eigenvalue weighted by molar-refractivity contribution is 7.09. The fourth-order valence-electron chi connectivity index (χ4n) is 2.62. The number of rotatable bonds is 3. The Morgan fingerprint density at radius 3 is 2.60 bits per heavy atom. The van der Waals surface area contributed by atoms with Crippen LogP contribution in [-0.2, 0) is 0 Å². The maximum absolute atomic E-state index is 12.3. The first-order valence-corrected chi connectivity index (χ1v) is 7.68. The molecule has 1 aliphatic rings. The molecule has 20 heavy (non-hydrogen) atoms. The molecule has 1 saturated carbocycles. The van der Waals surface area contributed by atoms with Gasteiger partial charge in [-0.3, -0.25) is 4.79 Å². The summed E-state index contributed by atoms with van der Waals surface area (Å²) in [6.07, 6.45) is 5.49. The molecule has 0 atom stereocenters. The molecule has 1 aliphatic carbocycles. The van der Waals surface area contributed by atoms with Crippen molar-refractivity contribution in [3.05, 3.63) is 16.1 Å². The summed E-state index contributed by atoms with van der Waals surface area (Å²) in [6.45, 7) is 1.85. The third-order valence-corrected chi connectivity index (χ3v) is 4.53. The predicted octanol–water partition coefficient (Wildman–Crippen LogP) is 2.02. The van der Waals surface area contributed by atoms with Crippen LogP contribution in [0.3, 0.4) is 0 Å². The van der Waals surface area contributed by atoms with Gasteiger partial charge < -0.3 is 16.3 Å². The van der Waals surface area contributed by atoms with Crippen molar-refractivity contribution in [1.82, 2.24) is 10.3 Å². The Morgan fingerprint density at radius 2 is 2.10 bits per heavy atom. The highest BCUT2D eigenvalue weighted by Gasteiger charge is 2.37. The van der Waals surface area contributed by atoms with Crippen LogP contribution in [0.5, 0.6) is 0 Å². The van der Waals surface area contributed by atoms with Crippen LogP contribution in [0.15, 0.2) is 10.5 Å². The van der Waals surface area contributed by atoms with Gasteiger partial charge in [0.2, 0.25) is 0 Å². The number of thiazole rings is 1. The van der Waals surface area contributed by atoms with Crippen molar-refractivity contribution in [3.63, 3.8) is 0 Å². The number of aromatic nitrogens is 1. The SMILES string of the molecule is Cc1nc(C(=O)NC2(C(N)=NO)CCCCCC2)cs1. The van der Waals surface area contributed by atoms with E-state index in [2.05, 4.69) is 15.5 Å². The monoisotopic (exact) mass is 296 g/mol. The van der Waals surface area contributed by atoms with E-state index in [1.807, 2.05) is 6.92 Å². The first kappa shape index (κ1) is 14.8. The van der Waals surface area contributed by atoms with E-state index in [4.69, 9.17) is 10.9 Å². The largest absolute Gasteiger partial charge is 0.409 e. The number of nitrogens with zero attached hydrogens (tertiary/aromatic N) is 2. The van der Waals surface area contributed by atoms with E-state index in [9.17, 15) is 4.79 Å². The third-order valence-electron chi connectivity index (χ3n) is 3.76. The Morgan fingerprint density at radius 1 is 1.45 bits per heavy atom. The Kier molecular flexibility index (Phi) is 4.59. The number of nitrogens with one attached hydrogen (secondary N) is 1. The second-order valence-corrected chi connectivity index (χ2v) is 6.25. The number of carbonyl (C=O) groups is 1. The van der Waals surface area contributed by atoms with Crippen molar-refractivity contribution in [2.75, 3.05) is 0 Å². The van der Waals surface area contributed by atoms with E-state index in [1.54, 1.807) is 5.38 Å². The Balaban J connectivity index is 2.21. The van der Waals surface area contributed by atoms with Crippen molar-refractivity contribution < 1.29 is 10.0 Å². The van der Waals surface area contributed by atoms with Gasteiger partial charge in [0.1, 0.15) is 11.2 Å². The lowest BCUT2D eigenvalue weighted by atomic mass is 9.88. The normalized spacial score (nSPS) is 19.4. The van der Waals surface area contributed by atoms with Gasteiger partial charge in [-0.05, 0) is 19.8 Å². The van der Waals surface area contributed by atoms with Crippen molar-refractivity contribution in [1.29, 1.82) is 0 Å². The predicted molar refractivity (Wildman–Crippen MR) is 78.2 cm³/mol. The molecule has 0 unspecified atom stereocenters. The quantitative estimate of drug-likeness (QED) is 0.261. The van der Waals surface area contributed by atoms with Gasteiger partial charge in [-0.25, -0.2) is 4.98 Å². The average Bonchev–Trinajstić information content (AvgIpc) is 2.74. The van der Waals surface area contributed by atoms with Crippen molar-refractivity contribution >= 4 is 23.1 Å². The van der Waals surface area contributed by atoms with Gasteiger partial charge in [0.05, 0.1) is 5.01 Å². The lowest BCUT2D eigenvalue weighted by Gasteiger charge is -2.32. The van der Waals surface area contributed by atoms with E-state index < -0.39 is 5.54 Å². The molecule has 4 N–H and O–H groups in total. The number of aryl methyl sites for hydroxylation is 1. The molecule has 0 radical (unpaired) electrons. The summed E-state index contributed by atoms with van der Waals surface area (Å²) in [5.41, 5.74) is 5.49. The number of amidine groups is 1. The molecule has 0 aromatic carbocycles. The van der Waals surface area contributed by atoms with E-state index in [0.717, 1.165) is 30.7 Å². The van der Waals surface area contributed by atoms with Crippen LogP contribution in [0.1, 0.15) is 54.0 Å². The van der Waals surface area contributed by atoms with Gasteiger partial charge >= 0.3 is 0 Å². The molecule has 7 heteroatoms. The maximum atomic E-state index is 12.3. The summed E-state index contributed by atoms with van der Waals surface area (Å²) in [5.74, 6) is -0.178. The van der Waals surface area contributed by atoms with E-state index in [0.29, 0.717) is 18.5 Å². The molecule has 2 rings (SSSR count). The van der Waals surface area contributed by atoms with Gasteiger partial charge in [-0.1, -0.05) is 30.8 Å². The fourth-order valence-corrected chi connectivity index (χ4v) is 3.22. The van der Waals surface area contributed by atoms with E-state index >= 15 is 0 Å². The molecular formula is C13H20N4O2S. The Labute approximate surface area is 122 Å². The summed E-state index contributed by atoms with van der Waals surface area (Å²) in [7, 11) is 0. The third kappa shape index (κ3) is 3.09. The minimum absolute atomic E-state index is 0.0831. The molecule has 1 aromatic rings. The van der Waals surface area contributed by atoms with Crippen LogP contribution in [-0.4, -0.2) is 27.5 Å². The zero-order valence-electron chi connectivity index (χ0n) is 11.6. The Bertz CT molecular complexity index is 504. The molecule has 1 aromatic heterocycles. The van der Waals surface area contributed by atoms with Crippen molar-refractivity contribution in [3.8, 4) is 0 Å². The topological polar surface area (TPSA) is 101 Å². The number of hydrogen-bond donors (Lipinski definition) is 3. The molecule has 0 bridgehead atoms. The molecule has 1 fully saturated rings. The second-order valence-electron chi connectivity index (χ2n) is 5.19. The number of carbonyl (C=O) groups excluding carboxylic acids is 1. The smallest absolute Gasteiger partial charge is 0.271 e. The minimum Gasteiger partial charge on any atom is -0.409 e. The van der Waals surface area contributed by atoms with Gasteiger partial charge in [0.25, 0.3) is 5.91 Å². The molecular weight excluding hydrogens is 276 g/mol. The average molecular weight is 296 g/mol. The van der Waals surface area contributed by atoms with Gasteiger partial charge in [-0.15, -0.1) is 11.3 Å². The molecule has 110 valence electrons. The minimum atomic E-state index is -0.750. The first-order chi connectivity index (χ1) is 9.57. The number of nitrogens with two attached hydrogens (primary N) is 1. The van der Waals surface area contributed by atoms with Crippen molar-refractivity contribution in [2.45, 2.75) is 51.0 Å². The van der Waals surface area contributed by atoms with Gasteiger partial charge in [-0.2, -0.15) is 0 Å². The zero-order chi connectivity index (χ0) is 14.6. The van der Waals surface area contributed by atoms with Crippen LogP contribution < -0.4 is 11.1 Å².